The van der Waals surface area contributed by atoms with E-state index in [1.807, 2.05) is 19.9 Å². The summed E-state index contributed by atoms with van der Waals surface area (Å²) in [5, 5.41) is 2.87. The Bertz CT molecular complexity index is 489. The van der Waals surface area contributed by atoms with Gasteiger partial charge in [0.25, 0.3) is 0 Å². The lowest BCUT2D eigenvalue weighted by atomic mass is 10.0. The van der Waals surface area contributed by atoms with Crippen molar-refractivity contribution in [2.75, 3.05) is 6.61 Å². The van der Waals surface area contributed by atoms with Crippen LogP contribution in [0.4, 0.5) is 0 Å². The molecule has 5 heteroatoms. The monoisotopic (exact) mass is 326 g/mol. The summed E-state index contributed by atoms with van der Waals surface area (Å²) in [6.45, 7) is 5.02. The van der Waals surface area contributed by atoms with Crippen molar-refractivity contribution in [3.05, 3.63) is 27.7 Å². The zero-order valence-corrected chi connectivity index (χ0v) is 12.8. The van der Waals surface area contributed by atoms with Crippen molar-refractivity contribution in [3.8, 4) is 5.75 Å². The van der Waals surface area contributed by atoms with E-state index in [1.54, 1.807) is 0 Å². The highest BCUT2D eigenvalue weighted by Gasteiger charge is 2.20. The fourth-order valence-corrected chi connectivity index (χ4v) is 2.63. The van der Waals surface area contributed by atoms with Crippen molar-refractivity contribution in [2.24, 2.45) is 11.7 Å². The van der Waals surface area contributed by atoms with Gasteiger partial charge in [0.15, 0.2) is 0 Å². The number of hydrogen-bond acceptors (Lipinski definition) is 3. The summed E-state index contributed by atoms with van der Waals surface area (Å²) in [6, 6.07) is 3.57. The van der Waals surface area contributed by atoms with Crippen LogP contribution in [0.2, 0.25) is 0 Å². The summed E-state index contributed by atoms with van der Waals surface area (Å²) in [5.74, 6) is 0.910. The molecule has 0 saturated carbocycles. The molecule has 1 amide bonds. The lowest BCUT2D eigenvalue weighted by Gasteiger charge is -2.16. The largest absolute Gasteiger partial charge is 0.493 e. The summed E-state index contributed by atoms with van der Waals surface area (Å²) in [5.41, 5.74) is 7.99. The van der Waals surface area contributed by atoms with Crippen LogP contribution in [0, 0.1) is 5.92 Å². The molecular weight excluding hydrogens is 308 g/mol. The predicted molar refractivity (Wildman–Crippen MR) is 78.0 cm³/mol. The third-order valence-electron chi connectivity index (χ3n) is 3.30. The van der Waals surface area contributed by atoms with Crippen LogP contribution in [-0.4, -0.2) is 18.6 Å². The second-order valence-corrected chi connectivity index (χ2v) is 6.05. The van der Waals surface area contributed by atoms with Gasteiger partial charge < -0.3 is 15.8 Å². The first-order chi connectivity index (χ1) is 8.99. The second-order valence-electron chi connectivity index (χ2n) is 5.14. The van der Waals surface area contributed by atoms with E-state index >= 15 is 0 Å². The number of halogens is 1. The van der Waals surface area contributed by atoms with E-state index in [9.17, 15) is 4.79 Å². The quantitative estimate of drug-likeness (QED) is 0.889. The Kier molecular flexibility index (Phi) is 4.47. The molecule has 0 radical (unpaired) electrons. The molecule has 0 unspecified atom stereocenters. The van der Waals surface area contributed by atoms with Gasteiger partial charge in [-0.15, -0.1) is 0 Å². The third kappa shape index (κ3) is 3.28. The molecule has 3 N–H and O–H groups in total. The van der Waals surface area contributed by atoms with Crippen molar-refractivity contribution in [1.29, 1.82) is 0 Å². The maximum atomic E-state index is 11.9. The summed E-state index contributed by atoms with van der Waals surface area (Å²) in [7, 11) is 0. The van der Waals surface area contributed by atoms with Crippen molar-refractivity contribution < 1.29 is 9.53 Å². The lowest BCUT2D eigenvalue weighted by Crippen LogP contribution is -2.43. The molecule has 0 fully saturated rings. The molecule has 0 spiro atoms. The second kappa shape index (κ2) is 5.92. The maximum absolute atomic E-state index is 11.9. The van der Waals surface area contributed by atoms with Crippen molar-refractivity contribution in [2.45, 2.75) is 32.9 Å². The van der Waals surface area contributed by atoms with Crippen LogP contribution in [0.25, 0.3) is 0 Å². The number of benzene rings is 1. The molecule has 1 atom stereocenters. The van der Waals surface area contributed by atoms with E-state index in [0.717, 1.165) is 22.2 Å². The van der Waals surface area contributed by atoms with Crippen molar-refractivity contribution in [1.82, 2.24) is 5.32 Å². The van der Waals surface area contributed by atoms with Crippen LogP contribution >= 0.6 is 15.9 Å². The average molecular weight is 327 g/mol. The number of amides is 1. The van der Waals surface area contributed by atoms with Crippen molar-refractivity contribution >= 4 is 21.8 Å². The molecule has 0 aliphatic carbocycles. The molecule has 0 aromatic heterocycles. The van der Waals surface area contributed by atoms with Gasteiger partial charge in [0.2, 0.25) is 5.91 Å². The van der Waals surface area contributed by atoms with Gasteiger partial charge >= 0.3 is 0 Å². The summed E-state index contributed by atoms with van der Waals surface area (Å²) in [6.07, 6.45) is 0.918. The highest BCUT2D eigenvalue weighted by Crippen LogP contribution is 2.32. The number of ether oxygens (including phenoxy) is 1. The Hall–Kier alpha value is -1.07. The fourth-order valence-electron chi connectivity index (χ4n) is 2.08. The Balaban J connectivity index is 2.06. The van der Waals surface area contributed by atoms with Gasteiger partial charge in [0.05, 0.1) is 12.6 Å². The zero-order valence-electron chi connectivity index (χ0n) is 11.2. The first-order valence-corrected chi connectivity index (χ1v) is 7.25. The molecule has 1 heterocycles. The molecule has 104 valence electrons. The molecular formula is C14H19BrN2O2. The summed E-state index contributed by atoms with van der Waals surface area (Å²) < 4.78 is 6.63. The molecule has 0 saturated heterocycles. The van der Waals surface area contributed by atoms with Crippen LogP contribution in [0.1, 0.15) is 25.0 Å². The number of carbonyl (C=O) groups is 1. The van der Waals surface area contributed by atoms with Crippen LogP contribution < -0.4 is 15.8 Å². The highest BCUT2D eigenvalue weighted by molar-refractivity contribution is 9.10. The zero-order chi connectivity index (χ0) is 14.0. The molecule has 4 nitrogen and oxygen atoms in total. The normalized spacial score (nSPS) is 15.0. The fraction of sp³-hybridized carbons (Fsp3) is 0.500. The molecule has 2 rings (SSSR count). The molecule has 0 bridgehead atoms. The van der Waals surface area contributed by atoms with Gasteiger partial charge in [-0.05, 0) is 23.6 Å². The third-order valence-corrected chi connectivity index (χ3v) is 3.76. The number of carbonyl (C=O) groups excluding carboxylic acids is 1. The highest BCUT2D eigenvalue weighted by atomic mass is 79.9. The Morgan fingerprint density at radius 1 is 1.53 bits per heavy atom. The molecule has 19 heavy (non-hydrogen) atoms. The van der Waals surface area contributed by atoms with E-state index in [1.165, 1.54) is 5.56 Å². The standard InChI is InChI=1S/C14H19BrN2O2/c1-8(2)12(16)14(18)17-7-10-6-11(15)5-9-3-4-19-13(9)10/h5-6,8,12H,3-4,7,16H2,1-2H3,(H,17,18)/t12-/m1/s1. The minimum Gasteiger partial charge on any atom is -0.493 e. The van der Waals surface area contributed by atoms with Crippen LogP contribution in [-0.2, 0) is 17.8 Å². The van der Waals surface area contributed by atoms with Gasteiger partial charge in [-0.2, -0.15) is 0 Å². The Labute approximate surface area is 121 Å². The van der Waals surface area contributed by atoms with Gasteiger partial charge in [0, 0.05) is 23.0 Å². The van der Waals surface area contributed by atoms with Gasteiger partial charge in [0.1, 0.15) is 5.75 Å². The minimum absolute atomic E-state index is 0.123. The Morgan fingerprint density at radius 2 is 2.26 bits per heavy atom. The van der Waals surface area contributed by atoms with E-state index < -0.39 is 6.04 Å². The average Bonchev–Trinajstić information content (AvgIpc) is 2.82. The molecule has 1 aromatic carbocycles. The predicted octanol–water partition coefficient (Wildman–Crippen LogP) is 1.98. The lowest BCUT2D eigenvalue weighted by molar-refractivity contribution is -0.123. The maximum Gasteiger partial charge on any atom is 0.237 e. The van der Waals surface area contributed by atoms with Crippen molar-refractivity contribution in [3.63, 3.8) is 0 Å². The smallest absolute Gasteiger partial charge is 0.237 e. The minimum atomic E-state index is -0.471. The van der Waals surface area contributed by atoms with E-state index in [0.29, 0.717) is 13.2 Å². The number of nitrogens with two attached hydrogens (primary N) is 1. The van der Waals surface area contributed by atoms with Gasteiger partial charge in [-0.3, -0.25) is 4.79 Å². The van der Waals surface area contributed by atoms with E-state index in [4.69, 9.17) is 10.5 Å². The number of fused-ring (bicyclic) bond motifs is 1. The van der Waals surface area contributed by atoms with Gasteiger partial charge in [-0.25, -0.2) is 0 Å². The number of rotatable bonds is 4. The van der Waals surface area contributed by atoms with Crippen LogP contribution in [0.5, 0.6) is 5.75 Å². The molecule has 1 aliphatic heterocycles. The Morgan fingerprint density at radius 3 is 2.95 bits per heavy atom. The number of hydrogen-bond donors (Lipinski definition) is 2. The SMILES string of the molecule is CC(C)[C@@H](N)C(=O)NCc1cc(Br)cc2c1OCC2. The molecule has 1 aromatic rings. The first-order valence-electron chi connectivity index (χ1n) is 6.46. The molecule has 1 aliphatic rings. The van der Waals surface area contributed by atoms with Gasteiger partial charge in [-0.1, -0.05) is 29.8 Å². The van der Waals surface area contributed by atoms with E-state index in [2.05, 4.69) is 27.3 Å². The summed E-state index contributed by atoms with van der Waals surface area (Å²) in [4.78, 5) is 11.9. The van der Waals surface area contributed by atoms with E-state index in [-0.39, 0.29) is 11.8 Å². The topological polar surface area (TPSA) is 64.4 Å². The first kappa shape index (κ1) is 14.3. The summed E-state index contributed by atoms with van der Waals surface area (Å²) >= 11 is 3.48. The number of nitrogens with one attached hydrogen (secondary N) is 1. The van der Waals surface area contributed by atoms with Crippen LogP contribution in [0.15, 0.2) is 16.6 Å². The van der Waals surface area contributed by atoms with Crippen LogP contribution in [0.3, 0.4) is 0 Å².